The minimum absolute atomic E-state index is 0.00603. The summed E-state index contributed by atoms with van der Waals surface area (Å²) in [6.45, 7) is 3.87. The number of anilines is 2. The second-order valence-electron chi connectivity index (χ2n) is 6.84. The Hall–Kier alpha value is -3.35. The minimum atomic E-state index is -0.967. The van der Waals surface area contributed by atoms with Crippen molar-refractivity contribution in [1.82, 2.24) is 0 Å². The molecule has 0 saturated carbocycles. The maximum Gasteiger partial charge on any atom is 0.308 e. The Labute approximate surface area is 162 Å². The number of nitrogens with one attached hydrogen (secondary N) is 1. The molecule has 1 aliphatic rings. The van der Waals surface area contributed by atoms with Crippen LogP contribution in [0.1, 0.15) is 17.5 Å². The summed E-state index contributed by atoms with van der Waals surface area (Å²) in [7, 11) is 0. The number of amides is 2. The molecule has 7 heteroatoms. The van der Waals surface area contributed by atoms with E-state index in [1.807, 2.05) is 32.0 Å². The van der Waals surface area contributed by atoms with Gasteiger partial charge in [0.15, 0.2) is 6.61 Å². The average Bonchev–Trinajstić information content (AvgIpc) is 3.06. The first-order chi connectivity index (χ1) is 13.3. The largest absolute Gasteiger partial charge is 0.484 e. The van der Waals surface area contributed by atoms with E-state index in [1.165, 1.54) is 4.90 Å². The summed E-state index contributed by atoms with van der Waals surface area (Å²) in [5.74, 6) is -1.64. The van der Waals surface area contributed by atoms with Gasteiger partial charge >= 0.3 is 5.97 Å². The van der Waals surface area contributed by atoms with Gasteiger partial charge in [-0.05, 0) is 49.2 Å². The number of para-hydroxylation sites is 1. The molecule has 0 aliphatic carbocycles. The lowest BCUT2D eigenvalue weighted by Gasteiger charge is -2.16. The van der Waals surface area contributed by atoms with Gasteiger partial charge in [0.1, 0.15) is 5.75 Å². The molecule has 2 amide bonds. The van der Waals surface area contributed by atoms with Crippen LogP contribution in [0.3, 0.4) is 0 Å². The molecular weight excluding hydrogens is 360 g/mol. The average molecular weight is 382 g/mol. The first kappa shape index (κ1) is 19.4. The summed E-state index contributed by atoms with van der Waals surface area (Å²) >= 11 is 0. The Morgan fingerprint density at radius 1 is 1.14 bits per heavy atom. The molecule has 1 atom stereocenters. The highest BCUT2D eigenvalue weighted by molar-refractivity contribution is 5.99. The van der Waals surface area contributed by atoms with Crippen molar-refractivity contribution in [3.8, 4) is 5.75 Å². The molecule has 0 bridgehead atoms. The van der Waals surface area contributed by atoms with E-state index in [1.54, 1.807) is 24.3 Å². The number of benzene rings is 2. The van der Waals surface area contributed by atoms with E-state index in [2.05, 4.69) is 5.32 Å². The second kappa shape index (κ2) is 8.12. The van der Waals surface area contributed by atoms with E-state index in [-0.39, 0.29) is 31.4 Å². The lowest BCUT2D eigenvalue weighted by molar-refractivity contribution is -0.141. The van der Waals surface area contributed by atoms with Crippen LogP contribution in [0, 0.1) is 19.8 Å². The van der Waals surface area contributed by atoms with E-state index in [0.717, 1.165) is 16.8 Å². The molecule has 7 nitrogen and oxygen atoms in total. The van der Waals surface area contributed by atoms with Gasteiger partial charge < -0.3 is 20.1 Å². The van der Waals surface area contributed by atoms with Crippen LogP contribution in [0.25, 0.3) is 0 Å². The van der Waals surface area contributed by atoms with Gasteiger partial charge in [0.05, 0.1) is 5.92 Å². The molecule has 2 N–H and O–H groups in total. The van der Waals surface area contributed by atoms with Crippen LogP contribution in [-0.2, 0) is 14.4 Å². The van der Waals surface area contributed by atoms with Crippen molar-refractivity contribution in [2.45, 2.75) is 20.3 Å². The topological polar surface area (TPSA) is 95.9 Å². The molecule has 2 aromatic carbocycles. The first-order valence-corrected chi connectivity index (χ1v) is 8.97. The zero-order chi connectivity index (χ0) is 20.3. The van der Waals surface area contributed by atoms with Crippen molar-refractivity contribution < 1.29 is 24.2 Å². The van der Waals surface area contributed by atoms with E-state index >= 15 is 0 Å². The minimum Gasteiger partial charge on any atom is -0.484 e. The first-order valence-electron chi connectivity index (χ1n) is 8.97. The number of carboxylic acid groups (broad SMARTS) is 1. The number of rotatable bonds is 6. The predicted molar refractivity (Wildman–Crippen MR) is 105 cm³/mol. The Morgan fingerprint density at radius 3 is 2.36 bits per heavy atom. The molecule has 1 aliphatic heterocycles. The summed E-state index contributed by atoms with van der Waals surface area (Å²) < 4.78 is 5.51. The summed E-state index contributed by atoms with van der Waals surface area (Å²) in [5, 5.41) is 11.9. The second-order valence-corrected chi connectivity index (χ2v) is 6.84. The molecule has 1 fully saturated rings. The van der Waals surface area contributed by atoms with Crippen LogP contribution in [0.5, 0.6) is 5.75 Å². The van der Waals surface area contributed by atoms with Crippen LogP contribution in [0.15, 0.2) is 42.5 Å². The molecule has 1 heterocycles. The fourth-order valence-electron chi connectivity index (χ4n) is 3.18. The smallest absolute Gasteiger partial charge is 0.308 e. The van der Waals surface area contributed by atoms with Crippen molar-refractivity contribution in [2.75, 3.05) is 23.4 Å². The Balaban J connectivity index is 1.57. The van der Waals surface area contributed by atoms with Crippen molar-refractivity contribution in [2.24, 2.45) is 5.92 Å². The highest BCUT2D eigenvalue weighted by Gasteiger charge is 2.34. The monoisotopic (exact) mass is 382 g/mol. The van der Waals surface area contributed by atoms with Crippen molar-refractivity contribution in [1.29, 1.82) is 0 Å². The summed E-state index contributed by atoms with van der Waals surface area (Å²) in [6, 6.07) is 12.5. The SMILES string of the molecule is Cc1cccc(C)c1NC(=O)COc1ccc(N2C[C@H](C(=O)O)CC2=O)cc1. The third kappa shape index (κ3) is 4.31. The Morgan fingerprint density at radius 2 is 1.79 bits per heavy atom. The van der Waals surface area contributed by atoms with E-state index < -0.39 is 11.9 Å². The molecule has 146 valence electrons. The van der Waals surface area contributed by atoms with E-state index in [4.69, 9.17) is 9.84 Å². The maximum atomic E-state index is 12.2. The molecule has 0 radical (unpaired) electrons. The molecule has 2 aromatic rings. The maximum absolute atomic E-state index is 12.2. The van der Waals surface area contributed by atoms with E-state index in [0.29, 0.717) is 11.4 Å². The fraction of sp³-hybridized carbons (Fsp3) is 0.286. The van der Waals surface area contributed by atoms with Gasteiger partial charge in [-0.3, -0.25) is 14.4 Å². The van der Waals surface area contributed by atoms with Gasteiger partial charge in [0.2, 0.25) is 5.91 Å². The lowest BCUT2D eigenvalue weighted by atomic mass is 10.1. The number of carboxylic acids is 1. The highest BCUT2D eigenvalue weighted by atomic mass is 16.5. The molecular formula is C21H22N2O5. The van der Waals surface area contributed by atoms with Gasteiger partial charge in [0, 0.05) is 24.3 Å². The standard InChI is InChI=1S/C21H22N2O5/c1-13-4-3-5-14(2)20(13)22-18(24)12-28-17-8-6-16(7-9-17)23-11-15(21(26)27)10-19(23)25/h3-9,15H,10-12H2,1-2H3,(H,22,24)(H,26,27)/t15-/m1/s1. The van der Waals surface area contributed by atoms with Crippen LogP contribution in [0.4, 0.5) is 11.4 Å². The molecule has 28 heavy (non-hydrogen) atoms. The number of carbonyl (C=O) groups is 3. The van der Waals surface area contributed by atoms with Crippen LogP contribution >= 0.6 is 0 Å². The van der Waals surface area contributed by atoms with Gasteiger partial charge in [-0.25, -0.2) is 0 Å². The van der Waals surface area contributed by atoms with Gasteiger partial charge in [-0.1, -0.05) is 18.2 Å². The number of hydrogen-bond acceptors (Lipinski definition) is 4. The van der Waals surface area contributed by atoms with Crippen molar-refractivity contribution in [3.05, 3.63) is 53.6 Å². The van der Waals surface area contributed by atoms with Crippen LogP contribution < -0.4 is 15.0 Å². The number of ether oxygens (including phenoxy) is 1. The zero-order valence-electron chi connectivity index (χ0n) is 15.8. The van der Waals surface area contributed by atoms with Crippen molar-refractivity contribution >= 4 is 29.2 Å². The zero-order valence-corrected chi connectivity index (χ0v) is 15.8. The van der Waals surface area contributed by atoms with E-state index in [9.17, 15) is 14.4 Å². The van der Waals surface area contributed by atoms with Gasteiger partial charge in [-0.15, -0.1) is 0 Å². The van der Waals surface area contributed by atoms with Crippen LogP contribution in [-0.4, -0.2) is 36.0 Å². The number of aliphatic carboxylic acids is 1. The molecule has 0 unspecified atom stereocenters. The highest BCUT2D eigenvalue weighted by Crippen LogP contribution is 2.27. The molecule has 0 spiro atoms. The number of nitrogens with zero attached hydrogens (tertiary/aromatic N) is 1. The third-order valence-electron chi connectivity index (χ3n) is 4.74. The summed E-state index contributed by atoms with van der Waals surface area (Å²) in [6.07, 6.45) is 0.00603. The Bertz CT molecular complexity index is 887. The summed E-state index contributed by atoms with van der Waals surface area (Å²) in [4.78, 5) is 36.7. The number of carbonyl (C=O) groups excluding carboxylic acids is 2. The normalized spacial score (nSPS) is 16.1. The van der Waals surface area contributed by atoms with Crippen LogP contribution in [0.2, 0.25) is 0 Å². The fourth-order valence-corrected chi connectivity index (χ4v) is 3.18. The lowest BCUT2D eigenvalue weighted by Crippen LogP contribution is -2.25. The van der Waals surface area contributed by atoms with Gasteiger partial charge in [0.25, 0.3) is 5.91 Å². The molecule has 1 saturated heterocycles. The number of hydrogen-bond donors (Lipinski definition) is 2. The molecule has 3 rings (SSSR count). The number of aryl methyl sites for hydroxylation is 2. The van der Waals surface area contributed by atoms with Crippen molar-refractivity contribution in [3.63, 3.8) is 0 Å². The quantitative estimate of drug-likeness (QED) is 0.801. The molecule has 0 aromatic heterocycles. The third-order valence-corrected chi connectivity index (χ3v) is 4.74. The van der Waals surface area contributed by atoms with Gasteiger partial charge in [-0.2, -0.15) is 0 Å². The Kier molecular flexibility index (Phi) is 5.63. The summed E-state index contributed by atoms with van der Waals surface area (Å²) in [5.41, 5.74) is 3.35. The predicted octanol–water partition coefficient (Wildman–Crippen LogP) is 2.76.